The van der Waals surface area contributed by atoms with Crippen LogP contribution in [0.2, 0.25) is 0 Å². The van der Waals surface area contributed by atoms with E-state index >= 15 is 0 Å². The molecule has 1 aliphatic heterocycles. The Bertz CT molecular complexity index is 164. The van der Waals surface area contributed by atoms with Gasteiger partial charge in [0.15, 0.2) is 6.29 Å². The molecule has 0 saturated carbocycles. The maximum atomic E-state index is 10.0. The number of allylic oxidation sites excluding steroid dienone is 1. The first-order chi connectivity index (χ1) is 4.34. The van der Waals surface area contributed by atoms with Gasteiger partial charge in [-0.05, 0) is 0 Å². The fourth-order valence-corrected chi connectivity index (χ4v) is 0.513. The molecule has 9 heavy (non-hydrogen) atoms. The van der Waals surface area contributed by atoms with E-state index in [1.807, 2.05) is 0 Å². The molecule has 0 aromatic rings. The average Bonchev–Trinajstić information content (AvgIpc) is 2.37. The van der Waals surface area contributed by atoms with Gasteiger partial charge in [-0.25, -0.2) is 5.43 Å². The summed E-state index contributed by atoms with van der Waals surface area (Å²) in [5, 5.41) is 1.48. The topological polar surface area (TPSA) is 44.7 Å². The molecule has 0 radical (unpaired) electrons. The number of rotatable bonds is 2. The third-order valence-electron chi connectivity index (χ3n) is 0.975. The zero-order valence-corrected chi connectivity index (χ0v) is 4.87. The summed E-state index contributed by atoms with van der Waals surface area (Å²) in [7, 11) is 0. The highest BCUT2D eigenvalue weighted by Gasteiger charge is 2.05. The van der Waals surface area contributed by atoms with Gasteiger partial charge in [-0.3, -0.25) is 14.8 Å². The van der Waals surface area contributed by atoms with E-state index in [-0.39, 0.29) is 0 Å². The summed E-state index contributed by atoms with van der Waals surface area (Å²) < 4.78 is 0. The van der Waals surface area contributed by atoms with Crippen molar-refractivity contribution < 1.29 is 4.79 Å². The molecule has 0 saturated heterocycles. The van der Waals surface area contributed by atoms with Crippen molar-refractivity contribution in [1.82, 2.24) is 10.4 Å². The minimum Gasteiger partial charge on any atom is -0.296 e. The van der Waals surface area contributed by atoms with Gasteiger partial charge < -0.3 is 0 Å². The highest BCUT2D eigenvalue weighted by molar-refractivity contribution is 5.77. The molecule has 0 bridgehead atoms. The third kappa shape index (κ3) is 1.14. The van der Waals surface area contributed by atoms with Gasteiger partial charge in [0.25, 0.3) is 0 Å². The van der Waals surface area contributed by atoms with Crippen LogP contribution in [0.3, 0.4) is 0 Å². The van der Waals surface area contributed by atoms with E-state index in [0.29, 0.717) is 18.7 Å². The van der Waals surface area contributed by atoms with Crippen molar-refractivity contribution in [3.63, 3.8) is 0 Å². The van der Waals surface area contributed by atoms with Crippen molar-refractivity contribution in [2.75, 3.05) is 6.67 Å². The van der Waals surface area contributed by atoms with Gasteiger partial charge in [0, 0.05) is 0 Å². The van der Waals surface area contributed by atoms with E-state index in [1.165, 1.54) is 11.3 Å². The number of carbonyl (C=O) groups is 1. The van der Waals surface area contributed by atoms with Crippen molar-refractivity contribution in [1.29, 1.82) is 0 Å². The predicted octanol–water partition coefficient (Wildman–Crippen LogP) is -0.495. The minimum atomic E-state index is 0.372. The molecule has 0 amide bonds. The van der Waals surface area contributed by atoms with Crippen molar-refractivity contribution in [2.45, 2.75) is 0 Å². The molecule has 0 aromatic carbocycles. The molecule has 0 aromatic heterocycles. The highest BCUT2D eigenvalue weighted by Crippen LogP contribution is 1.93. The first kappa shape index (κ1) is 5.97. The Labute approximate surface area is 52.8 Å². The molecule has 0 spiro atoms. The van der Waals surface area contributed by atoms with Gasteiger partial charge in [0.05, 0.1) is 5.70 Å². The number of hydrazine groups is 1. The zero-order chi connectivity index (χ0) is 6.69. The van der Waals surface area contributed by atoms with Gasteiger partial charge >= 0.3 is 0 Å². The summed E-state index contributed by atoms with van der Waals surface area (Å²) in [6, 6.07) is 0. The Hall–Kier alpha value is -1.16. The van der Waals surface area contributed by atoms with Crippen LogP contribution in [-0.4, -0.2) is 24.3 Å². The normalized spacial score (nSPS) is 16.2. The number of aliphatic imine (C=N–C) groups is 1. The van der Waals surface area contributed by atoms with Crippen LogP contribution in [0.5, 0.6) is 0 Å². The molecule has 1 heterocycles. The quantitative estimate of drug-likeness (QED) is 0.400. The SMILES string of the molecule is C=C(C=O)N1C=NCN1. The summed E-state index contributed by atoms with van der Waals surface area (Å²) >= 11 is 0. The summed E-state index contributed by atoms with van der Waals surface area (Å²) in [5.41, 5.74) is 3.16. The van der Waals surface area contributed by atoms with Crippen molar-refractivity contribution in [3.8, 4) is 0 Å². The van der Waals surface area contributed by atoms with Gasteiger partial charge in [0.1, 0.15) is 13.0 Å². The van der Waals surface area contributed by atoms with Crippen LogP contribution in [0.15, 0.2) is 17.3 Å². The fraction of sp³-hybridized carbons (Fsp3) is 0.200. The molecule has 0 aliphatic carbocycles. The lowest BCUT2D eigenvalue weighted by atomic mass is 10.5. The Kier molecular flexibility index (Phi) is 1.60. The lowest BCUT2D eigenvalue weighted by Gasteiger charge is -2.10. The average molecular weight is 125 g/mol. The van der Waals surface area contributed by atoms with Crippen LogP contribution in [0.4, 0.5) is 0 Å². The number of hydrogen-bond acceptors (Lipinski definition) is 4. The van der Waals surface area contributed by atoms with Crippen molar-refractivity contribution >= 4 is 12.6 Å². The molecule has 1 rings (SSSR count). The zero-order valence-electron chi connectivity index (χ0n) is 4.87. The van der Waals surface area contributed by atoms with E-state index in [4.69, 9.17) is 0 Å². The number of nitrogens with one attached hydrogen (secondary N) is 1. The van der Waals surface area contributed by atoms with Crippen LogP contribution in [0.25, 0.3) is 0 Å². The number of nitrogens with zero attached hydrogens (tertiary/aromatic N) is 2. The van der Waals surface area contributed by atoms with E-state index in [0.717, 1.165) is 0 Å². The first-order valence-corrected chi connectivity index (χ1v) is 2.51. The number of carbonyl (C=O) groups excluding carboxylic acids is 1. The van der Waals surface area contributed by atoms with Crippen molar-refractivity contribution in [3.05, 3.63) is 12.3 Å². The largest absolute Gasteiger partial charge is 0.296 e. The maximum absolute atomic E-state index is 10.0. The van der Waals surface area contributed by atoms with Gasteiger partial charge in [0.2, 0.25) is 0 Å². The molecule has 4 heteroatoms. The van der Waals surface area contributed by atoms with Crippen LogP contribution in [0, 0.1) is 0 Å². The van der Waals surface area contributed by atoms with Crippen LogP contribution >= 0.6 is 0 Å². The second-order valence-corrected chi connectivity index (χ2v) is 1.59. The maximum Gasteiger partial charge on any atom is 0.167 e. The van der Waals surface area contributed by atoms with Crippen LogP contribution < -0.4 is 5.43 Å². The minimum absolute atomic E-state index is 0.372. The number of aldehydes is 1. The monoisotopic (exact) mass is 125 g/mol. The fourth-order valence-electron chi connectivity index (χ4n) is 0.513. The smallest absolute Gasteiger partial charge is 0.167 e. The van der Waals surface area contributed by atoms with E-state index < -0.39 is 0 Å². The molecule has 1 N–H and O–H groups in total. The third-order valence-corrected chi connectivity index (χ3v) is 0.975. The van der Waals surface area contributed by atoms with Gasteiger partial charge in [-0.1, -0.05) is 6.58 Å². The molecule has 48 valence electrons. The van der Waals surface area contributed by atoms with E-state index in [9.17, 15) is 4.79 Å². The summed E-state index contributed by atoms with van der Waals surface area (Å²) in [4.78, 5) is 13.9. The summed E-state index contributed by atoms with van der Waals surface area (Å²) in [5.74, 6) is 0. The second-order valence-electron chi connectivity index (χ2n) is 1.59. The van der Waals surface area contributed by atoms with Gasteiger partial charge in [-0.2, -0.15) is 0 Å². The van der Waals surface area contributed by atoms with Crippen molar-refractivity contribution in [2.24, 2.45) is 4.99 Å². The molecular formula is C5H7N3O. The summed E-state index contributed by atoms with van der Waals surface area (Å²) in [6.07, 6.45) is 2.20. The van der Waals surface area contributed by atoms with E-state index in [1.54, 1.807) is 0 Å². The highest BCUT2D eigenvalue weighted by atomic mass is 16.1. The molecule has 0 unspecified atom stereocenters. The standard InChI is InChI=1S/C5H7N3O/c1-5(2-9)8-4-6-3-7-8/h2,4,7H,1,3H2. The van der Waals surface area contributed by atoms with E-state index in [2.05, 4.69) is 17.0 Å². The van der Waals surface area contributed by atoms with Gasteiger partial charge in [-0.15, -0.1) is 0 Å². The Morgan fingerprint density at radius 3 is 3.22 bits per heavy atom. The Morgan fingerprint density at radius 2 is 2.78 bits per heavy atom. The molecule has 0 fully saturated rings. The Balaban J connectivity index is 2.52. The molecule has 1 aliphatic rings. The lowest BCUT2D eigenvalue weighted by Crippen LogP contribution is -2.30. The van der Waals surface area contributed by atoms with Crippen LogP contribution in [-0.2, 0) is 4.79 Å². The second kappa shape index (κ2) is 2.41. The lowest BCUT2D eigenvalue weighted by molar-refractivity contribution is -0.105. The molecule has 0 atom stereocenters. The first-order valence-electron chi connectivity index (χ1n) is 2.51. The summed E-state index contributed by atoms with van der Waals surface area (Å²) in [6.45, 7) is 3.98. The predicted molar refractivity (Wildman–Crippen MR) is 33.5 cm³/mol. The van der Waals surface area contributed by atoms with Crippen LogP contribution in [0.1, 0.15) is 0 Å². The molecule has 4 nitrogen and oxygen atoms in total. The Morgan fingerprint density at radius 1 is 2.00 bits per heavy atom. The molecular weight excluding hydrogens is 118 g/mol. The number of hydrogen-bond donors (Lipinski definition) is 1.